The second kappa shape index (κ2) is 10.4. The Morgan fingerprint density at radius 1 is 1.00 bits per heavy atom. The van der Waals surface area contributed by atoms with Crippen LogP contribution in [0.15, 0.2) is 53.9 Å². The van der Waals surface area contributed by atoms with E-state index < -0.39 is 0 Å². The monoisotopic (exact) mass is 486 g/mol. The van der Waals surface area contributed by atoms with E-state index in [1.165, 1.54) is 40.4 Å². The third-order valence-electron chi connectivity index (χ3n) is 5.67. The first-order valence-corrected chi connectivity index (χ1v) is 11.4. The van der Waals surface area contributed by atoms with Gasteiger partial charge in [-0.2, -0.15) is 4.57 Å². The van der Waals surface area contributed by atoms with Crippen molar-refractivity contribution >= 4 is 28.7 Å². The lowest BCUT2D eigenvalue weighted by Crippen LogP contribution is -3.00. The molecule has 0 aliphatic carbocycles. The van der Waals surface area contributed by atoms with Crippen molar-refractivity contribution in [1.82, 2.24) is 0 Å². The molecular weight excluding hydrogens is 459 g/mol. The van der Waals surface area contributed by atoms with Crippen LogP contribution in [-0.4, -0.2) is 13.1 Å². The van der Waals surface area contributed by atoms with Crippen molar-refractivity contribution in [1.29, 1.82) is 0 Å². The summed E-state index contributed by atoms with van der Waals surface area (Å²) in [6.45, 7) is 7.46. The van der Waals surface area contributed by atoms with Crippen molar-refractivity contribution in [3.63, 3.8) is 0 Å². The van der Waals surface area contributed by atoms with Crippen LogP contribution in [0.4, 0.5) is 10.1 Å². The van der Waals surface area contributed by atoms with Gasteiger partial charge in [-0.15, -0.1) is 0 Å². The van der Waals surface area contributed by atoms with E-state index in [9.17, 15) is 4.39 Å². The molecule has 2 nitrogen and oxygen atoms in total. The smallest absolute Gasteiger partial charge is 0.265 e. The summed E-state index contributed by atoms with van der Waals surface area (Å²) in [7, 11) is 0. The van der Waals surface area contributed by atoms with E-state index in [1.807, 2.05) is 12.1 Å². The number of benzene rings is 2. The number of hydrogen-bond donors (Lipinski definition) is 0. The van der Waals surface area contributed by atoms with Crippen molar-refractivity contribution in [3.05, 3.63) is 70.3 Å². The fourth-order valence-electron chi connectivity index (χ4n) is 4.06. The second-order valence-electron chi connectivity index (χ2n) is 7.48. The zero-order valence-electron chi connectivity index (χ0n) is 17.6. The quantitative estimate of drug-likeness (QED) is 0.501. The molecule has 0 atom stereocenters. The Morgan fingerprint density at radius 3 is 2.37 bits per heavy atom. The molecule has 0 radical (unpaired) electrons. The van der Waals surface area contributed by atoms with Crippen LogP contribution in [-0.2, 0) is 6.54 Å². The lowest BCUT2D eigenvalue weighted by molar-refractivity contribution is -0.683. The van der Waals surface area contributed by atoms with Crippen LogP contribution in [0, 0.1) is 5.82 Å². The van der Waals surface area contributed by atoms with Gasteiger partial charge in [0, 0.05) is 36.3 Å². The average molecular weight is 487 g/mol. The largest absolute Gasteiger partial charge is 1.00 e. The molecule has 4 rings (SSSR count). The Labute approximate surface area is 193 Å². The van der Waals surface area contributed by atoms with Crippen LogP contribution < -0.4 is 26.4 Å². The number of anilines is 1. The molecule has 1 aliphatic heterocycles. The van der Waals surface area contributed by atoms with Gasteiger partial charge in [0.2, 0.25) is 5.69 Å². The zero-order valence-corrected chi connectivity index (χ0v) is 20.0. The summed E-state index contributed by atoms with van der Waals surface area (Å²) in [6.07, 6.45) is 5.80. The highest BCUT2D eigenvalue weighted by molar-refractivity contribution is 7.10. The number of halogens is 2. The fourth-order valence-corrected chi connectivity index (χ4v) is 5.18. The minimum absolute atomic E-state index is 0. The fraction of sp³-hybridized carbons (Fsp3) is 0.320. The minimum atomic E-state index is -0.186. The number of allylic oxidation sites excluding steroid dienone is 1. The molecule has 0 unspecified atom stereocenters. The van der Waals surface area contributed by atoms with Gasteiger partial charge in [-0.05, 0) is 74.7 Å². The molecule has 158 valence electrons. The Morgan fingerprint density at radius 2 is 1.70 bits per heavy atom. The summed E-state index contributed by atoms with van der Waals surface area (Å²) >= 11 is 1.80. The van der Waals surface area contributed by atoms with Gasteiger partial charge >= 0.3 is 0 Å². The maximum atomic E-state index is 13.3. The molecule has 3 aromatic rings. The van der Waals surface area contributed by atoms with E-state index >= 15 is 0 Å². The molecule has 1 aliphatic rings. The van der Waals surface area contributed by atoms with E-state index in [0.29, 0.717) is 0 Å². The molecule has 1 aromatic heterocycles. The highest BCUT2D eigenvalue weighted by atomic mass is 79.9. The first-order valence-electron chi connectivity index (χ1n) is 10.5. The lowest BCUT2D eigenvalue weighted by Gasteiger charge is -2.20. The standard InChI is InChI=1S/C25H28FN2S.BrH/c1-3-27(4-2)23-14-8-19(9-15-23)17-21-7-5-6-16-28-24(18-29-25(21)28)20-10-12-22(26)13-11-20;/h8-15,17-18H,3-7,16H2,1-2H3;1H/q+1;/p-1. The topological polar surface area (TPSA) is 7.12 Å². The normalized spacial score (nSPS) is 14.7. The minimum Gasteiger partial charge on any atom is -1.00 e. The second-order valence-corrected chi connectivity index (χ2v) is 8.33. The molecule has 5 heteroatoms. The van der Waals surface area contributed by atoms with Gasteiger partial charge < -0.3 is 21.9 Å². The summed E-state index contributed by atoms with van der Waals surface area (Å²) in [5.41, 5.74) is 6.20. The van der Waals surface area contributed by atoms with E-state index in [2.05, 4.69) is 59.0 Å². The van der Waals surface area contributed by atoms with E-state index in [1.54, 1.807) is 23.5 Å². The summed E-state index contributed by atoms with van der Waals surface area (Å²) in [5.74, 6) is -0.186. The maximum absolute atomic E-state index is 13.3. The number of hydrogen-bond acceptors (Lipinski definition) is 2. The predicted molar refractivity (Wildman–Crippen MR) is 122 cm³/mol. The van der Waals surface area contributed by atoms with Gasteiger partial charge in [0.15, 0.2) is 6.54 Å². The number of thiazole rings is 1. The lowest BCUT2D eigenvalue weighted by atomic mass is 10.1. The third kappa shape index (κ3) is 4.84. The molecule has 0 N–H and O–H groups in total. The Bertz CT molecular complexity index is 989. The summed E-state index contributed by atoms with van der Waals surface area (Å²) < 4.78 is 15.8. The molecule has 0 spiro atoms. The Balaban J connectivity index is 0.00000256. The van der Waals surface area contributed by atoms with E-state index in [0.717, 1.165) is 31.6 Å². The number of aromatic nitrogens is 1. The van der Waals surface area contributed by atoms with Gasteiger partial charge in [0.1, 0.15) is 5.82 Å². The highest BCUT2D eigenvalue weighted by Crippen LogP contribution is 2.31. The third-order valence-corrected chi connectivity index (χ3v) is 6.72. The predicted octanol–water partition coefficient (Wildman–Crippen LogP) is 3.42. The van der Waals surface area contributed by atoms with Crippen molar-refractivity contribution in [3.8, 4) is 11.3 Å². The molecule has 0 saturated heterocycles. The van der Waals surface area contributed by atoms with Crippen molar-refractivity contribution < 1.29 is 25.9 Å². The van der Waals surface area contributed by atoms with Crippen molar-refractivity contribution in [2.75, 3.05) is 18.0 Å². The first kappa shape index (κ1) is 22.7. The van der Waals surface area contributed by atoms with Crippen LogP contribution in [0.3, 0.4) is 0 Å². The Kier molecular flexibility index (Phi) is 7.84. The molecule has 0 saturated carbocycles. The van der Waals surface area contributed by atoms with Gasteiger partial charge in [0.05, 0.1) is 5.38 Å². The molecule has 30 heavy (non-hydrogen) atoms. The number of rotatable bonds is 5. The van der Waals surface area contributed by atoms with Crippen LogP contribution in [0.2, 0.25) is 0 Å². The zero-order chi connectivity index (χ0) is 20.2. The van der Waals surface area contributed by atoms with E-state index in [-0.39, 0.29) is 22.8 Å². The number of fused-ring (bicyclic) bond motifs is 1. The van der Waals surface area contributed by atoms with Crippen LogP contribution in [0.1, 0.15) is 43.7 Å². The number of nitrogens with zero attached hydrogens (tertiary/aromatic N) is 2. The van der Waals surface area contributed by atoms with Crippen molar-refractivity contribution in [2.24, 2.45) is 0 Å². The summed E-state index contributed by atoms with van der Waals surface area (Å²) in [4.78, 5) is 2.37. The molecular formula is C25H28BrFN2S. The van der Waals surface area contributed by atoms with Crippen molar-refractivity contribution in [2.45, 2.75) is 39.7 Å². The summed E-state index contributed by atoms with van der Waals surface area (Å²) in [5, 5.41) is 3.54. The van der Waals surface area contributed by atoms with Crippen LogP contribution >= 0.6 is 11.3 Å². The van der Waals surface area contributed by atoms with E-state index in [4.69, 9.17) is 0 Å². The average Bonchev–Trinajstić information content (AvgIpc) is 3.06. The maximum Gasteiger partial charge on any atom is 0.265 e. The van der Waals surface area contributed by atoms with Gasteiger partial charge in [-0.25, -0.2) is 4.39 Å². The summed E-state index contributed by atoms with van der Waals surface area (Å²) in [6, 6.07) is 15.8. The van der Waals surface area contributed by atoms with Crippen LogP contribution in [0.25, 0.3) is 22.9 Å². The molecule has 0 amide bonds. The molecule has 2 heterocycles. The highest BCUT2D eigenvalue weighted by Gasteiger charge is 2.26. The van der Waals surface area contributed by atoms with Gasteiger partial charge in [-0.1, -0.05) is 23.5 Å². The Hall–Kier alpha value is -1.98. The van der Waals surface area contributed by atoms with Gasteiger partial charge in [-0.3, -0.25) is 0 Å². The first-order chi connectivity index (χ1) is 14.2. The molecule has 2 aromatic carbocycles. The van der Waals surface area contributed by atoms with Crippen LogP contribution in [0.5, 0.6) is 0 Å². The van der Waals surface area contributed by atoms with Gasteiger partial charge in [0.25, 0.3) is 5.01 Å². The SMILES string of the molecule is CCN(CC)c1ccc(/C=C2\CCCC[n+]3c(-c4ccc(F)cc4)csc32)cc1.[Br-]. The molecule has 0 fully saturated rings. The molecule has 0 bridgehead atoms.